The second-order valence-electron chi connectivity index (χ2n) is 19.4. The number of hydrogen-bond donors (Lipinski definition) is 6. The summed E-state index contributed by atoms with van der Waals surface area (Å²) in [6, 6.07) is 22.8. The summed E-state index contributed by atoms with van der Waals surface area (Å²) in [5.74, 6) is -5.20. The van der Waals surface area contributed by atoms with Crippen LogP contribution in [0.4, 0.5) is 4.79 Å². The summed E-state index contributed by atoms with van der Waals surface area (Å²) in [6.07, 6.45) is -9.80. The highest BCUT2D eigenvalue weighted by Gasteiger charge is 2.77. The zero-order valence-corrected chi connectivity index (χ0v) is 38.8. The number of carbonyl (C=O) groups is 5. The third kappa shape index (κ3) is 9.02. The first-order valence-electron chi connectivity index (χ1n) is 22.7. The molecule has 1 heterocycles. The summed E-state index contributed by atoms with van der Waals surface area (Å²) >= 11 is 0. The van der Waals surface area contributed by atoms with E-state index < -0.39 is 119 Å². The maximum absolute atomic E-state index is 15.1. The monoisotopic (exact) mass is 926 g/mol. The first kappa shape index (κ1) is 49.4. The van der Waals surface area contributed by atoms with E-state index in [1.807, 2.05) is 12.1 Å². The molecular formula is C51H62N2O14. The van der Waals surface area contributed by atoms with Gasteiger partial charge in [0.05, 0.1) is 36.9 Å². The summed E-state index contributed by atoms with van der Waals surface area (Å²) in [5.41, 5.74) is -5.19. The lowest BCUT2D eigenvalue weighted by Gasteiger charge is -2.67. The van der Waals surface area contributed by atoms with Gasteiger partial charge in [0, 0.05) is 31.1 Å². The van der Waals surface area contributed by atoms with Gasteiger partial charge in [-0.2, -0.15) is 0 Å². The number of benzene rings is 3. The highest BCUT2D eigenvalue weighted by atomic mass is 16.6. The summed E-state index contributed by atoms with van der Waals surface area (Å²) in [6.45, 7) is 10.6. The Labute approximate surface area is 390 Å². The highest BCUT2D eigenvalue weighted by Crippen LogP contribution is 2.64. The van der Waals surface area contributed by atoms with E-state index in [9.17, 15) is 39.6 Å². The third-order valence-electron chi connectivity index (χ3n) is 14.6. The molecule has 2 unspecified atom stereocenters. The van der Waals surface area contributed by atoms with E-state index >= 15 is 4.79 Å². The smallest absolute Gasteiger partial charge is 0.338 e. The largest absolute Gasteiger partial charge is 0.459 e. The van der Waals surface area contributed by atoms with E-state index in [-0.39, 0.29) is 37.4 Å². The van der Waals surface area contributed by atoms with Crippen LogP contribution < -0.4 is 10.6 Å². The van der Waals surface area contributed by atoms with Crippen LogP contribution in [0.3, 0.4) is 0 Å². The molecule has 2 amide bonds. The molecule has 67 heavy (non-hydrogen) atoms. The molecule has 1 saturated heterocycles. The molecule has 360 valence electrons. The number of fused-ring (bicyclic) bond motifs is 5. The van der Waals surface area contributed by atoms with E-state index in [4.69, 9.17) is 23.7 Å². The SMILES string of the molecule is CC(=O)O[C@@]12COC1C[C@H](O)[C@@]1(C)C(=O)[C@H](O)C3=C(C)[C@@H](OC(=O)[C@H](O)[C@@H](NC(=O)N[C@H](C(=O)OCc4ccccc4)C(C)C)c4ccccc4)C[C@@](O)([C@@H](OCc4ccccc4)C21)C3(C)C. The zero-order chi connectivity index (χ0) is 48.6. The second kappa shape index (κ2) is 19.2. The quantitative estimate of drug-likeness (QED) is 0.0757. The lowest BCUT2D eigenvalue weighted by Crippen LogP contribution is -2.81. The Kier molecular flexibility index (Phi) is 14.2. The lowest BCUT2D eigenvalue weighted by atomic mass is 9.44. The van der Waals surface area contributed by atoms with Crippen molar-refractivity contribution in [1.29, 1.82) is 0 Å². The molecular weight excluding hydrogens is 865 g/mol. The summed E-state index contributed by atoms with van der Waals surface area (Å²) in [5, 5.41) is 55.0. The number of hydrogen-bond acceptors (Lipinski definition) is 14. The minimum Gasteiger partial charge on any atom is -0.459 e. The van der Waals surface area contributed by atoms with Crippen molar-refractivity contribution in [1.82, 2.24) is 10.6 Å². The van der Waals surface area contributed by atoms with Crippen LogP contribution >= 0.6 is 0 Å². The molecule has 2 saturated carbocycles. The number of carbonyl (C=O) groups excluding carboxylic acids is 5. The number of nitrogens with one attached hydrogen (secondary N) is 2. The molecule has 16 nitrogen and oxygen atoms in total. The average molecular weight is 927 g/mol. The fourth-order valence-electron chi connectivity index (χ4n) is 10.8. The van der Waals surface area contributed by atoms with Crippen LogP contribution in [0.1, 0.15) is 84.0 Å². The van der Waals surface area contributed by atoms with Gasteiger partial charge in [-0.25, -0.2) is 14.4 Å². The summed E-state index contributed by atoms with van der Waals surface area (Å²) < 4.78 is 30.4. The predicted octanol–water partition coefficient (Wildman–Crippen LogP) is 4.16. The molecule has 3 aromatic rings. The van der Waals surface area contributed by atoms with Gasteiger partial charge >= 0.3 is 23.9 Å². The van der Waals surface area contributed by atoms with Gasteiger partial charge in [-0.1, -0.05) is 119 Å². The standard InChI is InChI=1S/C51H62N2O14/c1-28(2)38(45(59)64-26-32-19-13-9-14-20-32)52-47(61)53-39(33-21-15-10-16-22-33)41(57)46(60)66-34-24-51(62)44(63-25-31-17-11-8-12-18-31)42-49(7,43(58)40(56)37(29(34)3)48(51,5)6)35(55)23-36-50(42,27-65-36)67-30(4)54/h8-22,28,34-36,38-42,44,55-57,62H,23-27H2,1-7H3,(H2,52,53,61)/t34-,35-,36?,38-,39-,40+,41+,42?,44-,49+,50-,51+/m0/s1. The Hall–Kier alpha value is -5.49. The molecule has 3 fully saturated rings. The molecule has 6 N–H and O–H groups in total. The van der Waals surface area contributed by atoms with E-state index in [2.05, 4.69) is 10.6 Å². The Morgan fingerprint density at radius 3 is 1.99 bits per heavy atom. The second-order valence-corrected chi connectivity index (χ2v) is 19.4. The van der Waals surface area contributed by atoms with Crippen molar-refractivity contribution < 1.29 is 68.1 Å². The molecule has 16 heteroatoms. The summed E-state index contributed by atoms with van der Waals surface area (Å²) in [7, 11) is 0. The van der Waals surface area contributed by atoms with Crippen molar-refractivity contribution in [3.8, 4) is 0 Å². The average Bonchev–Trinajstić information content (AvgIpc) is 3.29. The molecule has 3 aromatic carbocycles. The highest BCUT2D eigenvalue weighted by molar-refractivity contribution is 5.93. The molecule has 0 spiro atoms. The van der Waals surface area contributed by atoms with Crippen molar-refractivity contribution in [3.63, 3.8) is 0 Å². The van der Waals surface area contributed by atoms with Crippen LogP contribution in [0.2, 0.25) is 0 Å². The first-order valence-corrected chi connectivity index (χ1v) is 22.7. The molecule has 0 aromatic heterocycles. The van der Waals surface area contributed by atoms with Crippen LogP contribution in [0.5, 0.6) is 0 Å². The predicted molar refractivity (Wildman–Crippen MR) is 240 cm³/mol. The minimum atomic E-state index is -2.16. The fourth-order valence-corrected chi connectivity index (χ4v) is 10.8. The van der Waals surface area contributed by atoms with E-state index in [1.54, 1.807) is 113 Å². The van der Waals surface area contributed by atoms with Gasteiger partial charge in [-0.15, -0.1) is 0 Å². The Morgan fingerprint density at radius 2 is 1.43 bits per heavy atom. The fraction of sp³-hybridized carbons (Fsp3) is 0.510. The van der Waals surface area contributed by atoms with Crippen molar-refractivity contribution >= 4 is 29.7 Å². The van der Waals surface area contributed by atoms with Gasteiger partial charge in [-0.3, -0.25) is 9.59 Å². The number of urea groups is 1. The molecule has 1 aliphatic heterocycles. The van der Waals surface area contributed by atoms with Crippen molar-refractivity contribution in [2.24, 2.45) is 22.7 Å². The van der Waals surface area contributed by atoms with Crippen LogP contribution in [-0.4, -0.2) is 111 Å². The molecule has 7 rings (SSSR count). The molecule has 2 bridgehead atoms. The molecule has 4 aliphatic rings. The van der Waals surface area contributed by atoms with E-state index in [0.717, 1.165) is 5.56 Å². The van der Waals surface area contributed by atoms with Crippen LogP contribution in [0, 0.1) is 22.7 Å². The van der Waals surface area contributed by atoms with Crippen molar-refractivity contribution in [3.05, 3.63) is 119 Å². The number of aliphatic hydroxyl groups excluding tert-OH is 3. The minimum absolute atomic E-state index is 0.0169. The van der Waals surface area contributed by atoms with E-state index in [1.165, 1.54) is 13.8 Å². The Bertz CT molecular complexity index is 2340. The van der Waals surface area contributed by atoms with Crippen LogP contribution in [0.15, 0.2) is 102 Å². The van der Waals surface area contributed by atoms with Gasteiger partial charge < -0.3 is 54.7 Å². The third-order valence-corrected chi connectivity index (χ3v) is 14.6. The maximum Gasteiger partial charge on any atom is 0.338 e. The van der Waals surface area contributed by atoms with Crippen molar-refractivity contribution in [2.75, 3.05) is 6.61 Å². The normalized spacial score (nSPS) is 31.0. The topological polar surface area (TPSA) is 236 Å². The van der Waals surface area contributed by atoms with Gasteiger partial charge in [0.25, 0.3) is 0 Å². The Morgan fingerprint density at radius 1 is 0.851 bits per heavy atom. The zero-order valence-electron chi connectivity index (χ0n) is 38.8. The number of ether oxygens (including phenoxy) is 5. The number of ketones is 1. The van der Waals surface area contributed by atoms with E-state index in [0.29, 0.717) is 11.1 Å². The number of esters is 3. The number of rotatable bonds is 14. The van der Waals surface area contributed by atoms with Crippen molar-refractivity contribution in [2.45, 2.75) is 134 Å². The van der Waals surface area contributed by atoms with Crippen LogP contribution in [-0.2, 0) is 56.1 Å². The molecule has 0 radical (unpaired) electrons. The maximum atomic E-state index is 15.1. The Balaban J connectivity index is 1.23. The molecule has 3 aliphatic carbocycles. The van der Waals surface area contributed by atoms with Gasteiger partial charge in [0.2, 0.25) is 0 Å². The van der Waals surface area contributed by atoms with Gasteiger partial charge in [0.1, 0.15) is 36.6 Å². The van der Waals surface area contributed by atoms with Gasteiger partial charge in [-0.05, 0) is 47.6 Å². The van der Waals surface area contributed by atoms with Gasteiger partial charge in [0.15, 0.2) is 17.5 Å². The molecule has 12 atom stereocenters. The summed E-state index contributed by atoms with van der Waals surface area (Å²) in [4.78, 5) is 69.4. The number of Topliss-reactive ketones (excluding diaryl/α,β-unsaturated/α-hetero) is 1. The first-order chi connectivity index (χ1) is 31.7. The number of aliphatic hydroxyl groups is 4. The van der Waals surface area contributed by atoms with Crippen LogP contribution in [0.25, 0.3) is 0 Å². The lowest BCUT2D eigenvalue weighted by molar-refractivity contribution is -0.351. The number of amides is 2.